The lowest BCUT2D eigenvalue weighted by molar-refractivity contribution is -0.137. The Morgan fingerprint density at radius 2 is 1.92 bits per heavy atom. The molecule has 2 aromatic heterocycles. The summed E-state index contributed by atoms with van der Waals surface area (Å²) in [6, 6.07) is 6.71. The van der Waals surface area contributed by atoms with Crippen molar-refractivity contribution >= 4 is 23.2 Å². The number of nitrogens with one attached hydrogen (secondary N) is 3. The van der Waals surface area contributed by atoms with Gasteiger partial charge >= 0.3 is 6.18 Å². The number of hydrogen-bond acceptors (Lipinski definition) is 8. The van der Waals surface area contributed by atoms with E-state index in [0.29, 0.717) is 18.0 Å². The fraction of sp³-hybridized carbons (Fsp3) is 0.292. The number of amides is 2. The van der Waals surface area contributed by atoms with Crippen LogP contribution in [0.4, 0.5) is 24.5 Å². The summed E-state index contributed by atoms with van der Waals surface area (Å²) >= 11 is 0. The van der Waals surface area contributed by atoms with Gasteiger partial charge in [0, 0.05) is 25.4 Å². The van der Waals surface area contributed by atoms with E-state index in [4.69, 9.17) is 9.47 Å². The number of alkyl halides is 3. The maximum atomic E-state index is 13.4. The van der Waals surface area contributed by atoms with Crippen LogP contribution >= 0.6 is 0 Å². The lowest BCUT2D eigenvalue weighted by Gasteiger charge is -2.27. The largest absolute Gasteiger partial charge is 0.497 e. The van der Waals surface area contributed by atoms with Crippen LogP contribution in [0.25, 0.3) is 0 Å². The van der Waals surface area contributed by atoms with E-state index >= 15 is 0 Å². The van der Waals surface area contributed by atoms with Crippen molar-refractivity contribution < 1.29 is 32.2 Å². The first-order valence-corrected chi connectivity index (χ1v) is 11.1. The first-order valence-electron chi connectivity index (χ1n) is 11.1. The van der Waals surface area contributed by atoms with E-state index in [2.05, 4.69) is 30.9 Å². The van der Waals surface area contributed by atoms with Crippen molar-refractivity contribution in [3.05, 3.63) is 72.1 Å². The summed E-state index contributed by atoms with van der Waals surface area (Å²) in [6.45, 7) is 0.322. The third kappa shape index (κ3) is 6.12. The summed E-state index contributed by atoms with van der Waals surface area (Å²) in [5, 5.41) is 8.17. The zero-order chi connectivity index (χ0) is 26.5. The van der Waals surface area contributed by atoms with Crippen molar-refractivity contribution in [2.24, 2.45) is 0 Å². The third-order valence-electron chi connectivity index (χ3n) is 5.70. The molecule has 0 spiro atoms. The van der Waals surface area contributed by atoms with Crippen LogP contribution in [0.2, 0.25) is 0 Å². The van der Waals surface area contributed by atoms with Crippen molar-refractivity contribution in [3.63, 3.8) is 0 Å². The van der Waals surface area contributed by atoms with Gasteiger partial charge in [-0.1, -0.05) is 0 Å². The molecule has 194 valence electrons. The predicted molar refractivity (Wildman–Crippen MR) is 125 cm³/mol. The van der Waals surface area contributed by atoms with Crippen LogP contribution < -0.4 is 20.7 Å². The van der Waals surface area contributed by atoms with Gasteiger partial charge in [0.05, 0.1) is 54.7 Å². The van der Waals surface area contributed by atoms with Gasteiger partial charge < -0.3 is 25.4 Å². The second-order valence-electron chi connectivity index (χ2n) is 8.22. The van der Waals surface area contributed by atoms with E-state index in [0.717, 1.165) is 6.07 Å². The van der Waals surface area contributed by atoms with Crippen LogP contribution in [0.5, 0.6) is 5.75 Å². The molecule has 1 atom stereocenters. The first-order chi connectivity index (χ1) is 17.7. The highest BCUT2D eigenvalue weighted by atomic mass is 19.4. The van der Waals surface area contributed by atoms with Crippen molar-refractivity contribution in [2.45, 2.75) is 24.7 Å². The molecule has 10 nitrogen and oxygen atoms in total. The van der Waals surface area contributed by atoms with Crippen molar-refractivity contribution in [3.8, 4) is 5.75 Å². The quantitative estimate of drug-likeness (QED) is 0.417. The van der Waals surface area contributed by atoms with Gasteiger partial charge in [0.15, 0.2) is 0 Å². The number of aromatic nitrogens is 3. The third-order valence-corrected chi connectivity index (χ3v) is 5.70. The molecule has 4 rings (SSSR count). The lowest BCUT2D eigenvalue weighted by atomic mass is 9.96. The molecule has 1 aliphatic rings. The molecule has 2 amide bonds. The molecular formula is C24H23F3N6O4. The number of anilines is 2. The molecule has 1 fully saturated rings. The topological polar surface area (TPSA) is 127 Å². The van der Waals surface area contributed by atoms with Crippen molar-refractivity contribution in [2.75, 3.05) is 25.6 Å². The minimum Gasteiger partial charge on any atom is -0.497 e. The maximum Gasteiger partial charge on any atom is 0.418 e. The van der Waals surface area contributed by atoms with Gasteiger partial charge in [-0.2, -0.15) is 13.2 Å². The van der Waals surface area contributed by atoms with Gasteiger partial charge in [-0.15, -0.1) is 0 Å². The molecule has 1 saturated heterocycles. The van der Waals surface area contributed by atoms with Crippen LogP contribution in [0.3, 0.4) is 0 Å². The molecule has 3 N–H and O–H groups in total. The molecule has 3 heterocycles. The standard InChI is InChI=1S/C24H23F3N6O4/c1-36-18-4-5-20(19(8-18)24(25,26)27)32-17-3-2-16(30-12-17)11-31-22(35)23(6-7-37-13-23)33-21(34)15-9-28-14-29-10-15/h2-5,8-10,12,14,32H,6-7,11,13H2,1H3,(H,31,35)(H,33,34). The SMILES string of the molecule is COc1ccc(Nc2ccc(CNC(=O)C3(NC(=O)c4cncnc4)CCOC3)nc2)c(C(F)(F)F)c1. The van der Waals surface area contributed by atoms with Gasteiger partial charge in [0.1, 0.15) is 17.6 Å². The van der Waals surface area contributed by atoms with E-state index < -0.39 is 29.1 Å². The van der Waals surface area contributed by atoms with Crippen molar-refractivity contribution in [1.29, 1.82) is 0 Å². The number of benzene rings is 1. The Kier molecular flexibility index (Phi) is 7.53. The molecule has 0 aliphatic carbocycles. The minimum absolute atomic E-state index is 0.00203. The van der Waals surface area contributed by atoms with E-state index in [9.17, 15) is 22.8 Å². The smallest absolute Gasteiger partial charge is 0.418 e. The number of carbonyl (C=O) groups excluding carboxylic acids is 2. The average molecular weight is 516 g/mol. The van der Waals surface area contributed by atoms with Gasteiger partial charge in [0.2, 0.25) is 5.91 Å². The van der Waals surface area contributed by atoms with Gasteiger partial charge in [-0.25, -0.2) is 9.97 Å². The molecule has 13 heteroatoms. The van der Waals surface area contributed by atoms with Crippen LogP contribution in [0.15, 0.2) is 55.2 Å². The van der Waals surface area contributed by atoms with Gasteiger partial charge in [-0.05, 0) is 30.3 Å². The van der Waals surface area contributed by atoms with E-state index in [1.807, 2.05) is 0 Å². The van der Waals surface area contributed by atoms with Crippen LogP contribution in [0.1, 0.15) is 28.0 Å². The zero-order valence-corrected chi connectivity index (χ0v) is 19.6. The second kappa shape index (κ2) is 10.8. The Bertz CT molecular complexity index is 1250. The van der Waals surface area contributed by atoms with Gasteiger partial charge in [0.25, 0.3) is 5.91 Å². The number of hydrogen-bond donors (Lipinski definition) is 3. The molecule has 0 saturated carbocycles. The Labute approximate surface area is 209 Å². The van der Waals surface area contributed by atoms with Gasteiger partial charge in [-0.3, -0.25) is 14.6 Å². The Morgan fingerprint density at radius 1 is 1.14 bits per heavy atom. The highest BCUT2D eigenvalue weighted by Gasteiger charge is 2.43. The minimum atomic E-state index is -4.59. The monoisotopic (exact) mass is 516 g/mol. The second-order valence-corrected chi connectivity index (χ2v) is 8.22. The number of nitrogens with zero attached hydrogens (tertiary/aromatic N) is 3. The van der Waals surface area contributed by atoms with Crippen molar-refractivity contribution in [1.82, 2.24) is 25.6 Å². The Balaban J connectivity index is 1.40. The summed E-state index contributed by atoms with van der Waals surface area (Å²) in [7, 11) is 1.29. The fourth-order valence-corrected chi connectivity index (χ4v) is 3.70. The molecule has 3 aromatic rings. The molecule has 0 radical (unpaired) electrons. The molecule has 1 aromatic carbocycles. The number of carbonyl (C=O) groups is 2. The first kappa shape index (κ1) is 25.8. The number of methoxy groups -OCH3 is 1. The van der Waals surface area contributed by atoms with Crippen LogP contribution in [-0.4, -0.2) is 52.6 Å². The van der Waals surface area contributed by atoms with E-state index in [-0.39, 0.29) is 36.6 Å². The summed E-state index contributed by atoms with van der Waals surface area (Å²) in [5.41, 5.74) is -1.31. The fourth-order valence-electron chi connectivity index (χ4n) is 3.70. The normalized spacial score (nSPS) is 17.2. The number of rotatable bonds is 8. The highest BCUT2D eigenvalue weighted by molar-refractivity contribution is 5.99. The Hall–Kier alpha value is -4.26. The average Bonchev–Trinajstić information content (AvgIpc) is 3.38. The highest BCUT2D eigenvalue weighted by Crippen LogP contribution is 2.38. The molecular weight excluding hydrogens is 493 g/mol. The summed E-state index contributed by atoms with van der Waals surface area (Å²) in [6.07, 6.45) is 1.02. The molecule has 37 heavy (non-hydrogen) atoms. The number of ether oxygens (including phenoxy) is 2. The maximum absolute atomic E-state index is 13.4. The number of halogens is 3. The predicted octanol–water partition coefficient (Wildman–Crippen LogP) is 2.85. The molecule has 1 unspecified atom stereocenters. The summed E-state index contributed by atoms with van der Waals surface area (Å²) in [4.78, 5) is 37.4. The van der Waals surface area contributed by atoms with E-state index in [1.165, 1.54) is 44.2 Å². The zero-order valence-electron chi connectivity index (χ0n) is 19.6. The summed E-state index contributed by atoms with van der Waals surface area (Å²) in [5.74, 6) is -0.875. The number of pyridine rings is 1. The van der Waals surface area contributed by atoms with E-state index in [1.54, 1.807) is 12.1 Å². The summed E-state index contributed by atoms with van der Waals surface area (Å²) < 4.78 is 50.6. The lowest BCUT2D eigenvalue weighted by Crippen LogP contribution is -2.59. The van der Waals surface area contributed by atoms with Crippen LogP contribution in [-0.2, 0) is 22.3 Å². The van der Waals surface area contributed by atoms with Crippen LogP contribution in [0, 0.1) is 0 Å². The molecule has 0 bridgehead atoms. The molecule has 1 aliphatic heterocycles. The Morgan fingerprint density at radius 3 is 2.54 bits per heavy atom.